The van der Waals surface area contributed by atoms with Gasteiger partial charge in [-0.05, 0) is 45.8 Å². The predicted octanol–water partition coefficient (Wildman–Crippen LogP) is 2.71. The number of likely N-dealkylation sites (tertiary alicyclic amines) is 1. The van der Waals surface area contributed by atoms with Crippen molar-refractivity contribution in [2.45, 2.75) is 39.7 Å². The molecule has 108 valence electrons. The second-order valence-corrected chi connectivity index (χ2v) is 5.14. The Hall–Kier alpha value is -1.000. The van der Waals surface area contributed by atoms with Crippen LogP contribution in [0.2, 0.25) is 0 Å². The van der Waals surface area contributed by atoms with Crippen molar-refractivity contribution in [3.05, 3.63) is 23.0 Å². The lowest BCUT2D eigenvalue weighted by Crippen LogP contribution is -2.32. The zero-order valence-electron chi connectivity index (χ0n) is 11.7. The van der Waals surface area contributed by atoms with Crippen molar-refractivity contribution in [1.29, 1.82) is 0 Å². The Balaban J connectivity index is 0.00000180. The van der Waals surface area contributed by atoms with Gasteiger partial charge in [-0.15, -0.1) is 12.4 Å². The third kappa shape index (κ3) is 3.74. The van der Waals surface area contributed by atoms with E-state index in [0.717, 1.165) is 24.5 Å². The van der Waals surface area contributed by atoms with Crippen LogP contribution in [-0.4, -0.2) is 40.2 Å². The minimum absolute atomic E-state index is 0. The first-order valence-electron chi connectivity index (χ1n) is 6.72. The van der Waals surface area contributed by atoms with Gasteiger partial charge in [0.2, 0.25) is 0 Å². The van der Waals surface area contributed by atoms with Crippen LogP contribution in [0, 0.1) is 13.8 Å². The van der Waals surface area contributed by atoms with Crippen LogP contribution in [0.15, 0.2) is 6.07 Å². The number of aromatic nitrogens is 1. The van der Waals surface area contributed by atoms with Crippen molar-refractivity contribution < 1.29 is 9.90 Å². The summed E-state index contributed by atoms with van der Waals surface area (Å²) >= 11 is 0. The summed E-state index contributed by atoms with van der Waals surface area (Å²) < 4.78 is 2.12. The maximum Gasteiger partial charge on any atom is 0.337 e. The number of hydrogen-bond acceptors (Lipinski definition) is 2. The van der Waals surface area contributed by atoms with Crippen LogP contribution in [0.1, 0.15) is 41.0 Å². The molecule has 0 aliphatic carbocycles. The van der Waals surface area contributed by atoms with Crippen LogP contribution >= 0.6 is 12.4 Å². The first-order chi connectivity index (χ1) is 8.59. The van der Waals surface area contributed by atoms with E-state index >= 15 is 0 Å². The maximum absolute atomic E-state index is 11.1. The van der Waals surface area contributed by atoms with E-state index in [1.54, 1.807) is 6.07 Å². The summed E-state index contributed by atoms with van der Waals surface area (Å²) in [4.78, 5) is 13.5. The van der Waals surface area contributed by atoms with E-state index in [1.807, 2.05) is 13.8 Å². The van der Waals surface area contributed by atoms with Crippen LogP contribution < -0.4 is 0 Å². The van der Waals surface area contributed by atoms with E-state index in [2.05, 4.69) is 9.47 Å². The summed E-state index contributed by atoms with van der Waals surface area (Å²) in [7, 11) is 0. The van der Waals surface area contributed by atoms with Gasteiger partial charge in [-0.1, -0.05) is 6.42 Å². The highest BCUT2D eigenvalue weighted by Gasteiger charge is 2.15. The highest BCUT2D eigenvalue weighted by atomic mass is 35.5. The number of aryl methyl sites for hydroxylation is 1. The molecule has 0 bridgehead atoms. The number of piperidine rings is 1. The van der Waals surface area contributed by atoms with Crippen LogP contribution in [0.4, 0.5) is 0 Å². The fourth-order valence-corrected chi connectivity index (χ4v) is 2.79. The highest BCUT2D eigenvalue weighted by molar-refractivity contribution is 5.89. The molecule has 1 N–H and O–H groups in total. The minimum Gasteiger partial charge on any atom is -0.478 e. The van der Waals surface area contributed by atoms with Gasteiger partial charge < -0.3 is 14.6 Å². The predicted molar refractivity (Wildman–Crippen MR) is 78.4 cm³/mol. The number of carboxylic acid groups (broad SMARTS) is 1. The van der Waals surface area contributed by atoms with Gasteiger partial charge >= 0.3 is 5.97 Å². The average Bonchev–Trinajstić information content (AvgIpc) is 2.64. The van der Waals surface area contributed by atoms with Crippen molar-refractivity contribution in [3.8, 4) is 0 Å². The number of nitrogens with zero attached hydrogens (tertiary/aromatic N) is 2. The lowest BCUT2D eigenvalue weighted by Gasteiger charge is -2.27. The summed E-state index contributed by atoms with van der Waals surface area (Å²) in [5.74, 6) is -0.827. The van der Waals surface area contributed by atoms with E-state index in [1.165, 1.54) is 32.4 Å². The molecule has 2 heterocycles. The first kappa shape index (κ1) is 16.1. The first-order valence-corrected chi connectivity index (χ1v) is 6.72. The quantitative estimate of drug-likeness (QED) is 0.926. The molecule has 1 aromatic rings. The average molecular weight is 287 g/mol. The summed E-state index contributed by atoms with van der Waals surface area (Å²) in [5.41, 5.74) is 2.35. The third-order valence-electron chi connectivity index (χ3n) is 3.89. The number of rotatable bonds is 4. The standard InChI is InChI=1S/C14H22N2O2.ClH/c1-11-10-13(14(17)18)12(2)16(11)9-8-15-6-4-3-5-7-15;/h10H,3-9H2,1-2H3,(H,17,18);1H. The maximum atomic E-state index is 11.1. The monoisotopic (exact) mass is 286 g/mol. The largest absolute Gasteiger partial charge is 0.478 e. The minimum atomic E-state index is -0.827. The molecule has 0 saturated carbocycles. The molecule has 1 fully saturated rings. The van der Waals surface area contributed by atoms with Gasteiger partial charge in [-0.3, -0.25) is 0 Å². The molecule has 19 heavy (non-hydrogen) atoms. The second kappa shape index (κ2) is 6.96. The molecule has 0 radical (unpaired) electrons. The number of carbonyl (C=O) groups is 1. The molecule has 0 aromatic carbocycles. The molecular formula is C14H23ClN2O2. The zero-order valence-corrected chi connectivity index (χ0v) is 12.5. The molecule has 2 rings (SSSR count). The molecule has 1 saturated heterocycles. The summed E-state index contributed by atoms with van der Waals surface area (Å²) in [6, 6.07) is 1.77. The smallest absolute Gasteiger partial charge is 0.337 e. The Morgan fingerprint density at radius 1 is 1.21 bits per heavy atom. The van der Waals surface area contributed by atoms with E-state index in [0.29, 0.717) is 5.56 Å². The fraction of sp³-hybridized carbons (Fsp3) is 0.643. The Labute approximate surface area is 120 Å². The van der Waals surface area contributed by atoms with Crippen molar-refractivity contribution in [2.24, 2.45) is 0 Å². The number of aromatic carboxylic acids is 1. The van der Waals surface area contributed by atoms with Gasteiger partial charge in [0.15, 0.2) is 0 Å². The number of halogens is 1. The van der Waals surface area contributed by atoms with Gasteiger partial charge in [-0.2, -0.15) is 0 Å². The number of carboxylic acids is 1. The SMILES string of the molecule is Cc1cc(C(=O)O)c(C)n1CCN1CCCCC1.Cl. The normalized spacial score (nSPS) is 16.1. The Morgan fingerprint density at radius 2 is 1.84 bits per heavy atom. The van der Waals surface area contributed by atoms with Crippen LogP contribution in [0.25, 0.3) is 0 Å². The molecule has 0 amide bonds. The molecule has 1 aliphatic heterocycles. The molecule has 4 nitrogen and oxygen atoms in total. The lowest BCUT2D eigenvalue weighted by atomic mass is 10.1. The van der Waals surface area contributed by atoms with Gasteiger partial charge in [0, 0.05) is 24.5 Å². The Kier molecular flexibility index (Phi) is 5.88. The van der Waals surface area contributed by atoms with E-state index in [4.69, 9.17) is 5.11 Å². The van der Waals surface area contributed by atoms with Crippen LogP contribution in [-0.2, 0) is 6.54 Å². The molecule has 1 aliphatic rings. The molecular weight excluding hydrogens is 264 g/mol. The van der Waals surface area contributed by atoms with Crippen LogP contribution in [0.5, 0.6) is 0 Å². The third-order valence-corrected chi connectivity index (χ3v) is 3.89. The zero-order chi connectivity index (χ0) is 13.1. The van der Waals surface area contributed by atoms with Gasteiger partial charge in [0.1, 0.15) is 0 Å². The molecule has 0 unspecified atom stereocenters. The van der Waals surface area contributed by atoms with Crippen LogP contribution in [0.3, 0.4) is 0 Å². The van der Waals surface area contributed by atoms with Crippen molar-refractivity contribution in [2.75, 3.05) is 19.6 Å². The molecule has 5 heteroatoms. The summed E-state index contributed by atoms with van der Waals surface area (Å²) in [5, 5.41) is 9.10. The Bertz CT molecular complexity index is 437. The highest BCUT2D eigenvalue weighted by Crippen LogP contribution is 2.16. The number of hydrogen-bond donors (Lipinski definition) is 1. The topological polar surface area (TPSA) is 45.5 Å². The Morgan fingerprint density at radius 3 is 2.37 bits per heavy atom. The van der Waals surface area contributed by atoms with E-state index < -0.39 is 5.97 Å². The lowest BCUT2D eigenvalue weighted by molar-refractivity contribution is 0.0696. The van der Waals surface area contributed by atoms with Crippen molar-refractivity contribution >= 4 is 18.4 Å². The van der Waals surface area contributed by atoms with E-state index in [9.17, 15) is 4.79 Å². The van der Waals surface area contributed by atoms with Gasteiger partial charge in [0.05, 0.1) is 5.56 Å². The van der Waals surface area contributed by atoms with Crippen molar-refractivity contribution in [1.82, 2.24) is 9.47 Å². The van der Waals surface area contributed by atoms with Crippen molar-refractivity contribution in [3.63, 3.8) is 0 Å². The molecule has 1 aromatic heterocycles. The summed E-state index contributed by atoms with van der Waals surface area (Å²) in [6.07, 6.45) is 3.94. The van der Waals surface area contributed by atoms with E-state index in [-0.39, 0.29) is 12.4 Å². The second-order valence-electron chi connectivity index (χ2n) is 5.14. The fourth-order valence-electron chi connectivity index (χ4n) is 2.79. The van der Waals surface area contributed by atoms with Gasteiger partial charge in [0.25, 0.3) is 0 Å². The van der Waals surface area contributed by atoms with Gasteiger partial charge in [-0.25, -0.2) is 4.79 Å². The summed E-state index contributed by atoms with van der Waals surface area (Å²) in [6.45, 7) is 8.17. The molecule has 0 spiro atoms. The molecule has 0 atom stereocenters.